The molecule has 7 nitrogen and oxygen atoms in total. The Balaban J connectivity index is 2.15. The predicted molar refractivity (Wildman–Crippen MR) is 76.8 cm³/mol. The zero-order chi connectivity index (χ0) is 14.5. The van der Waals surface area contributed by atoms with Crippen LogP contribution in [-0.2, 0) is 4.79 Å². The summed E-state index contributed by atoms with van der Waals surface area (Å²) in [5, 5.41) is 5.90. The standard InChI is InChI=1S/C12H15ClN6O/c1-7-8(2)17-11-9(16-7)10(13)18-12(19-11)15-5-3-4-14-6-20/h6H,3-5H2,1-2H3,(H,14,20)(H,15,17,18,19). The van der Waals surface area contributed by atoms with Crippen LogP contribution in [0.5, 0.6) is 0 Å². The first-order valence-electron chi connectivity index (χ1n) is 6.21. The molecule has 2 heterocycles. The molecule has 2 aromatic heterocycles. The highest BCUT2D eigenvalue weighted by Gasteiger charge is 2.10. The van der Waals surface area contributed by atoms with Gasteiger partial charge in [0.1, 0.15) is 5.52 Å². The molecule has 0 aliphatic heterocycles. The van der Waals surface area contributed by atoms with E-state index in [4.69, 9.17) is 11.6 Å². The van der Waals surface area contributed by atoms with Crippen molar-refractivity contribution in [1.82, 2.24) is 25.3 Å². The first-order valence-corrected chi connectivity index (χ1v) is 6.59. The molecule has 0 spiro atoms. The molecule has 2 aromatic rings. The van der Waals surface area contributed by atoms with Gasteiger partial charge >= 0.3 is 0 Å². The second-order valence-electron chi connectivity index (χ2n) is 4.26. The molecule has 1 amide bonds. The summed E-state index contributed by atoms with van der Waals surface area (Å²) in [6.45, 7) is 4.96. The first kappa shape index (κ1) is 14.4. The van der Waals surface area contributed by atoms with Gasteiger partial charge in [-0.1, -0.05) is 11.6 Å². The normalized spacial score (nSPS) is 10.6. The summed E-state index contributed by atoms with van der Waals surface area (Å²) in [6, 6.07) is 0. The Morgan fingerprint density at radius 1 is 1.10 bits per heavy atom. The van der Waals surface area contributed by atoms with E-state index in [0.29, 0.717) is 36.6 Å². The van der Waals surface area contributed by atoms with Crippen molar-refractivity contribution in [1.29, 1.82) is 0 Å². The molecule has 0 unspecified atom stereocenters. The van der Waals surface area contributed by atoms with Crippen molar-refractivity contribution in [2.75, 3.05) is 18.4 Å². The van der Waals surface area contributed by atoms with Gasteiger partial charge < -0.3 is 10.6 Å². The van der Waals surface area contributed by atoms with E-state index in [9.17, 15) is 4.79 Å². The highest BCUT2D eigenvalue weighted by Crippen LogP contribution is 2.19. The summed E-state index contributed by atoms with van der Waals surface area (Å²) >= 11 is 6.10. The van der Waals surface area contributed by atoms with Crippen molar-refractivity contribution in [2.45, 2.75) is 20.3 Å². The molecule has 0 aliphatic carbocycles. The summed E-state index contributed by atoms with van der Waals surface area (Å²) in [6.07, 6.45) is 1.43. The average Bonchev–Trinajstić information content (AvgIpc) is 2.41. The minimum Gasteiger partial charge on any atom is -0.359 e. The van der Waals surface area contributed by atoms with E-state index in [1.807, 2.05) is 13.8 Å². The average molecular weight is 295 g/mol. The number of carbonyl (C=O) groups is 1. The number of carbonyl (C=O) groups excluding carboxylic acids is 1. The van der Waals surface area contributed by atoms with Crippen LogP contribution in [0, 0.1) is 13.8 Å². The van der Waals surface area contributed by atoms with Crippen LogP contribution < -0.4 is 10.6 Å². The van der Waals surface area contributed by atoms with Crippen molar-refractivity contribution in [2.24, 2.45) is 0 Å². The Morgan fingerprint density at radius 2 is 1.85 bits per heavy atom. The van der Waals surface area contributed by atoms with Crippen LogP contribution in [0.3, 0.4) is 0 Å². The van der Waals surface area contributed by atoms with Gasteiger partial charge in [0.15, 0.2) is 10.8 Å². The van der Waals surface area contributed by atoms with Crippen LogP contribution >= 0.6 is 11.6 Å². The summed E-state index contributed by atoms with van der Waals surface area (Å²) in [4.78, 5) is 27.2. The maximum atomic E-state index is 10.1. The second-order valence-corrected chi connectivity index (χ2v) is 4.61. The molecule has 2 rings (SSSR count). The molecule has 0 radical (unpaired) electrons. The smallest absolute Gasteiger partial charge is 0.226 e. The number of halogens is 1. The van der Waals surface area contributed by atoms with Crippen molar-refractivity contribution in [3.8, 4) is 0 Å². The molecule has 0 atom stereocenters. The Bertz CT molecular complexity index is 633. The maximum Gasteiger partial charge on any atom is 0.226 e. The predicted octanol–water partition coefficient (Wildman–Crippen LogP) is 1.24. The first-order chi connectivity index (χ1) is 9.61. The largest absolute Gasteiger partial charge is 0.359 e. The lowest BCUT2D eigenvalue weighted by Crippen LogP contribution is -2.16. The van der Waals surface area contributed by atoms with Crippen molar-refractivity contribution in [3.05, 3.63) is 16.5 Å². The quantitative estimate of drug-likeness (QED) is 0.473. The molecular formula is C12H15ClN6O. The zero-order valence-electron chi connectivity index (χ0n) is 11.3. The van der Waals surface area contributed by atoms with Gasteiger partial charge in [-0.3, -0.25) is 4.79 Å². The third-order valence-electron chi connectivity index (χ3n) is 2.76. The molecule has 0 aliphatic rings. The highest BCUT2D eigenvalue weighted by molar-refractivity contribution is 6.33. The summed E-state index contributed by atoms with van der Waals surface area (Å²) < 4.78 is 0. The number of anilines is 1. The van der Waals surface area contributed by atoms with Crippen molar-refractivity contribution < 1.29 is 4.79 Å². The molecule has 8 heteroatoms. The highest BCUT2D eigenvalue weighted by atomic mass is 35.5. The van der Waals surface area contributed by atoms with Gasteiger partial charge in [-0.05, 0) is 20.3 Å². The minimum atomic E-state index is 0.277. The number of aryl methyl sites for hydroxylation is 2. The van der Waals surface area contributed by atoms with Crippen LogP contribution in [-0.4, -0.2) is 39.4 Å². The van der Waals surface area contributed by atoms with Gasteiger partial charge in [-0.25, -0.2) is 9.97 Å². The third kappa shape index (κ3) is 3.30. The molecule has 0 saturated heterocycles. The molecular weight excluding hydrogens is 280 g/mol. The fraction of sp³-hybridized carbons (Fsp3) is 0.417. The van der Waals surface area contributed by atoms with E-state index < -0.39 is 0 Å². The second kappa shape index (κ2) is 6.42. The van der Waals surface area contributed by atoms with Crippen molar-refractivity contribution >= 4 is 35.1 Å². The van der Waals surface area contributed by atoms with E-state index >= 15 is 0 Å². The van der Waals surface area contributed by atoms with E-state index in [-0.39, 0.29) is 5.15 Å². The number of nitrogens with one attached hydrogen (secondary N) is 2. The molecule has 2 N–H and O–H groups in total. The van der Waals surface area contributed by atoms with Gasteiger partial charge in [-0.2, -0.15) is 9.97 Å². The summed E-state index contributed by atoms with van der Waals surface area (Å²) in [5.74, 6) is 0.408. The fourth-order valence-corrected chi connectivity index (χ4v) is 1.81. The minimum absolute atomic E-state index is 0.277. The SMILES string of the molecule is Cc1nc2nc(NCCCNC=O)nc(Cl)c2nc1C. The molecule has 0 fully saturated rings. The van der Waals surface area contributed by atoms with Crippen LogP contribution in [0.15, 0.2) is 0 Å². The molecule has 20 heavy (non-hydrogen) atoms. The maximum absolute atomic E-state index is 10.1. The Kier molecular flexibility index (Phi) is 4.62. The van der Waals surface area contributed by atoms with Gasteiger partial charge in [-0.15, -0.1) is 0 Å². The number of nitrogens with zero attached hydrogens (tertiary/aromatic N) is 4. The van der Waals surface area contributed by atoms with E-state index in [0.717, 1.165) is 17.8 Å². The number of aromatic nitrogens is 4. The van der Waals surface area contributed by atoms with Gasteiger partial charge in [0, 0.05) is 13.1 Å². The molecule has 0 bridgehead atoms. The Morgan fingerprint density at radius 3 is 2.60 bits per heavy atom. The monoisotopic (exact) mass is 294 g/mol. The van der Waals surface area contributed by atoms with E-state index in [1.54, 1.807) is 0 Å². The van der Waals surface area contributed by atoms with Gasteiger partial charge in [0.25, 0.3) is 0 Å². The lowest BCUT2D eigenvalue weighted by molar-refractivity contribution is -0.109. The zero-order valence-corrected chi connectivity index (χ0v) is 12.0. The number of rotatable bonds is 6. The lowest BCUT2D eigenvalue weighted by Gasteiger charge is -2.07. The molecule has 106 valence electrons. The van der Waals surface area contributed by atoms with E-state index in [2.05, 4.69) is 30.6 Å². The topological polar surface area (TPSA) is 92.7 Å². The molecule has 0 saturated carbocycles. The number of amides is 1. The van der Waals surface area contributed by atoms with Crippen LogP contribution in [0.4, 0.5) is 5.95 Å². The van der Waals surface area contributed by atoms with Crippen LogP contribution in [0.2, 0.25) is 5.15 Å². The van der Waals surface area contributed by atoms with Crippen LogP contribution in [0.1, 0.15) is 17.8 Å². The number of hydrogen-bond acceptors (Lipinski definition) is 6. The lowest BCUT2D eigenvalue weighted by atomic mass is 10.3. The number of hydrogen-bond donors (Lipinski definition) is 2. The van der Waals surface area contributed by atoms with Gasteiger partial charge in [0.2, 0.25) is 12.4 Å². The molecule has 0 aromatic carbocycles. The number of fused-ring (bicyclic) bond motifs is 1. The fourth-order valence-electron chi connectivity index (χ4n) is 1.61. The Labute approximate surface area is 121 Å². The van der Waals surface area contributed by atoms with Crippen LogP contribution in [0.25, 0.3) is 11.2 Å². The third-order valence-corrected chi connectivity index (χ3v) is 3.03. The van der Waals surface area contributed by atoms with E-state index in [1.165, 1.54) is 0 Å². The van der Waals surface area contributed by atoms with Crippen molar-refractivity contribution in [3.63, 3.8) is 0 Å². The summed E-state index contributed by atoms with van der Waals surface area (Å²) in [5.41, 5.74) is 2.60. The summed E-state index contributed by atoms with van der Waals surface area (Å²) in [7, 11) is 0. The Hall–Kier alpha value is -2.02. The van der Waals surface area contributed by atoms with Gasteiger partial charge in [0.05, 0.1) is 11.4 Å².